The highest BCUT2D eigenvalue weighted by atomic mass is 19.1. The first kappa shape index (κ1) is 26.9. The average Bonchev–Trinajstić information content (AvgIpc) is 3.05. The second-order valence-corrected chi connectivity index (χ2v) is 9.20. The molecule has 7 nitrogen and oxygen atoms in total. The fourth-order valence-corrected chi connectivity index (χ4v) is 4.47. The van der Waals surface area contributed by atoms with E-state index in [-0.39, 0.29) is 17.4 Å². The molecule has 0 heterocycles. The molecular weight excluding hydrogens is 492 g/mol. The normalized spacial score (nSPS) is 13.1. The number of halogens is 2. The summed E-state index contributed by atoms with van der Waals surface area (Å²) in [6.07, 6.45) is 2.96. The van der Waals surface area contributed by atoms with E-state index in [1.165, 1.54) is 19.2 Å². The van der Waals surface area contributed by atoms with Crippen molar-refractivity contribution in [2.75, 3.05) is 19.0 Å². The Morgan fingerprint density at radius 3 is 2.53 bits per heavy atom. The molecule has 0 unspecified atom stereocenters. The van der Waals surface area contributed by atoms with Gasteiger partial charge in [-0.2, -0.15) is 0 Å². The van der Waals surface area contributed by atoms with Crippen molar-refractivity contribution in [2.24, 2.45) is 5.73 Å². The van der Waals surface area contributed by atoms with Gasteiger partial charge in [-0.3, -0.25) is 14.4 Å². The number of hydrogen-bond donors (Lipinski definition) is 3. The zero-order valence-electron chi connectivity index (χ0n) is 21.0. The summed E-state index contributed by atoms with van der Waals surface area (Å²) in [5.41, 5.74) is 9.47. The van der Waals surface area contributed by atoms with Gasteiger partial charge in [-0.1, -0.05) is 6.07 Å². The number of ether oxygens (including phenoxy) is 1. The van der Waals surface area contributed by atoms with Crippen LogP contribution in [-0.2, 0) is 22.4 Å². The first-order chi connectivity index (χ1) is 18.3. The summed E-state index contributed by atoms with van der Waals surface area (Å²) in [6, 6.07) is 12.9. The third kappa shape index (κ3) is 6.23. The molecule has 0 spiro atoms. The maximum absolute atomic E-state index is 14.1. The number of hydrogen-bond acceptors (Lipinski definition) is 6. The topological polar surface area (TPSA) is 111 Å². The van der Waals surface area contributed by atoms with Gasteiger partial charge in [0.25, 0.3) is 5.91 Å². The molecular formula is C29H29F2N3O4. The third-order valence-corrected chi connectivity index (χ3v) is 6.57. The number of amides is 1. The lowest BCUT2D eigenvalue weighted by molar-refractivity contribution is -0.142. The van der Waals surface area contributed by atoms with Crippen molar-refractivity contribution in [3.8, 4) is 0 Å². The largest absolute Gasteiger partial charge is 0.468 e. The number of esters is 1. The lowest BCUT2D eigenvalue weighted by atomic mass is 9.96. The fraction of sp³-hybridized carbons (Fsp3) is 0.276. The molecule has 0 radical (unpaired) electrons. The van der Waals surface area contributed by atoms with Crippen LogP contribution >= 0.6 is 0 Å². The molecule has 0 aromatic heterocycles. The van der Waals surface area contributed by atoms with Gasteiger partial charge in [0.05, 0.1) is 12.8 Å². The van der Waals surface area contributed by atoms with Crippen LogP contribution in [0.25, 0.3) is 0 Å². The van der Waals surface area contributed by atoms with Crippen LogP contribution in [-0.4, -0.2) is 37.4 Å². The Morgan fingerprint density at radius 2 is 1.76 bits per heavy atom. The second kappa shape index (κ2) is 12.0. The lowest BCUT2D eigenvalue weighted by Crippen LogP contribution is -2.31. The van der Waals surface area contributed by atoms with Crippen LogP contribution in [0.15, 0.2) is 54.6 Å². The average molecular weight is 522 g/mol. The van der Waals surface area contributed by atoms with Crippen molar-refractivity contribution in [3.63, 3.8) is 0 Å². The zero-order chi connectivity index (χ0) is 27.2. The Bertz CT molecular complexity index is 1380. The van der Waals surface area contributed by atoms with Gasteiger partial charge in [-0.15, -0.1) is 0 Å². The van der Waals surface area contributed by atoms with E-state index in [1.807, 2.05) is 0 Å². The molecule has 38 heavy (non-hydrogen) atoms. The maximum atomic E-state index is 14.1. The number of aryl methyl sites for hydroxylation is 2. The predicted molar refractivity (Wildman–Crippen MR) is 140 cm³/mol. The minimum absolute atomic E-state index is 0.136. The number of carbonyl (C=O) groups excluding carboxylic acids is 3. The van der Waals surface area contributed by atoms with Gasteiger partial charge in [0.1, 0.15) is 17.7 Å². The van der Waals surface area contributed by atoms with Gasteiger partial charge in [-0.25, -0.2) is 8.78 Å². The van der Waals surface area contributed by atoms with Crippen molar-refractivity contribution in [3.05, 3.63) is 94.0 Å². The Morgan fingerprint density at radius 1 is 0.974 bits per heavy atom. The van der Waals surface area contributed by atoms with Crippen molar-refractivity contribution >= 4 is 29.0 Å². The summed E-state index contributed by atoms with van der Waals surface area (Å²) in [5.74, 6) is -2.30. The number of nitrogens with one attached hydrogen (secondary N) is 2. The van der Waals surface area contributed by atoms with Crippen molar-refractivity contribution in [2.45, 2.75) is 38.1 Å². The van der Waals surface area contributed by atoms with Gasteiger partial charge in [0.2, 0.25) is 0 Å². The van der Waals surface area contributed by atoms with Crippen LogP contribution in [0.1, 0.15) is 56.7 Å². The number of unbranched alkanes of at least 4 members (excludes halogenated alkanes) is 1. The van der Waals surface area contributed by atoms with E-state index in [4.69, 9.17) is 5.73 Å². The summed E-state index contributed by atoms with van der Waals surface area (Å²) < 4.78 is 31.9. The molecule has 1 aliphatic carbocycles. The quantitative estimate of drug-likeness (QED) is 0.284. The molecule has 0 fully saturated rings. The van der Waals surface area contributed by atoms with E-state index in [2.05, 4.69) is 15.4 Å². The molecule has 1 amide bonds. The number of benzene rings is 3. The molecule has 1 aliphatic rings. The van der Waals surface area contributed by atoms with Crippen LogP contribution in [0.5, 0.6) is 0 Å². The Kier molecular flexibility index (Phi) is 8.48. The number of ketones is 1. The van der Waals surface area contributed by atoms with E-state index in [9.17, 15) is 23.2 Å². The molecule has 3 aromatic rings. The molecule has 0 bridgehead atoms. The number of fused-ring (bicyclic) bond motifs is 2. The fourth-order valence-electron chi connectivity index (χ4n) is 4.47. The molecule has 4 rings (SSSR count). The molecule has 0 saturated heterocycles. The minimum atomic E-state index is -0.709. The summed E-state index contributed by atoms with van der Waals surface area (Å²) in [7, 11) is 1.29. The van der Waals surface area contributed by atoms with Gasteiger partial charge in [0, 0.05) is 35.0 Å². The maximum Gasteiger partial charge on any atom is 0.322 e. The van der Waals surface area contributed by atoms with Crippen LogP contribution < -0.4 is 16.4 Å². The van der Waals surface area contributed by atoms with Crippen molar-refractivity contribution in [1.29, 1.82) is 0 Å². The molecule has 4 N–H and O–H groups in total. The standard InChI is InChI=1S/C29H29F2N3O4/c1-38-29(37)25(32)4-2-3-13-33-28(36)19-8-6-17-5-7-18-14-21(10-11-22(18)27(35)23(17)15-19)34-26-12-9-20(30)16-24(26)31/h6,8-12,14-16,25,34H,2-5,7,13,32H2,1H3,(H,33,36)/t25-/m0/s1. The van der Waals surface area contributed by atoms with E-state index >= 15 is 0 Å². The van der Waals surface area contributed by atoms with E-state index in [0.717, 1.165) is 17.2 Å². The van der Waals surface area contributed by atoms with Gasteiger partial charge in [-0.05, 0) is 85.7 Å². The summed E-state index contributed by atoms with van der Waals surface area (Å²) in [5, 5.41) is 5.78. The van der Waals surface area contributed by atoms with Crippen LogP contribution in [0.3, 0.4) is 0 Å². The first-order valence-electron chi connectivity index (χ1n) is 12.4. The minimum Gasteiger partial charge on any atom is -0.468 e. The number of rotatable bonds is 9. The van der Waals surface area contributed by atoms with E-state index < -0.39 is 23.6 Å². The molecule has 198 valence electrons. The molecule has 3 aromatic carbocycles. The van der Waals surface area contributed by atoms with E-state index in [1.54, 1.807) is 36.4 Å². The van der Waals surface area contributed by atoms with Crippen molar-refractivity contribution in [1.82, 2.24) is 5.32 Å². The van der Waals surface area contributed by atoms with Gasteiger partial charge in [0.15, 0.2) is 5.78 Å². The van der Waals surface area contributed by atoms with Crippen LogP contribution in [0.4, 0.5) is 20.2 Å². The number of carbonyl (C=O) groups is 3. The smallest absolute Gasteiger partial charge is 0.322 e. The summed E-state index contributed by atoms with van der Waals surface area (Å²) >= 11 is 0. The number of methoxy groups -OCH3 is 1. The third-order valence-electron chi connectivity index (χ3n) is 6.57. The first-order valence-corrected chi connectivity index (χ1v) is 12.4. The highest BCUT2D eigenvalue weighted by Gasteiger charge is 2.23. The second-order valence-electron chi connectivity index (χ2n) is 9.20. The molecule has 1 atom stereocenters. The molecule has 9 heteroatoms. The van der Waals surface area contributed by atoms with Gasteiger partial charge < -0.3 is 21.1 Å². The predicted octanol–water partition coefficient (Wildman–Crippen LogP) is 4.44. The Labute approximate surface area is 219 Å². The monoisotopic (exact) mass is 521 g/mol. The summed E-state index contributed by atoms with van der Waals surface area (Å²) in [6.45, 7) is 0.408. The van der Waals surface area contributed by atoms with Crippen molar-refractivity contribution < 1.29 is 27.9 Å². The Balaban J connectivity index is 1.41. The lowest BCUT2D eigenvalue weighted by Gasteiger charge is -2.12. The molecule has 0 saturated carbocycles. The SMILES string of the molecule is COC(=O)[C@@H](N)CCCCNC(=O)c1ccc2c(c1)C(=O)c1ccc(Nc3ccc(F)cc3F)cc1CC2. The molecule has 0 aliphatic heterocycles. The summed E-state index contributed by atoms with van der Waals surface area (Å²) in [4.78, 5) is 37.5. The van der Waals surface area contributed by atoms with Gasteiger partial charge >= 0.3 is 5.97 Å². The highest BCUT2D eigenvalue weighted by Crippen LogP contribution is 2.29. The van der Waals surface area contributed by atoms with Crippen LogP contribution in [0.2, 0.25) is 0 Å². The van der Waals surface area contributed by atoms with E-state index in [0.29, 0.717) is 61.0 Å². The zero-order valence-corrected chi connectivity index (χ0v) is 21.0. The number of anilines is 2. The number of nitrogens with two attached hydrogens (primary N) is 1. The highest BCUT2D eigenvalue weighted by molar-refractivity contribution is 6.12. The van der Waals surface area contributed by atoms with Crippen LogP contribution in [0, 0.1) is 11.6 Å². The Hall–Kier alpha value is -4.11.